The summed E-state index contributed by atoms with van der Waals surface area (Å²) in [5.41, 5.74) is 0. The van der Waals surface area contributed by atoms with Gasteiger partial charge in [-0.2, -0.15) is 0 Å². The lowest BCUT2D eigenvalue weighted by Gasteiger charge is -2.18. The number of esters is 3. The van der Waals surface area contributed by atoms with Gasteiger partial charge in [0.25, 0.3) is 0 Å². The van der Waals surface area contributed by atoms with E-state index in [1.165, 1.54) is 89.9 Å². The molecule has 1 unspecified atom stereocenters. The van der Waals surface area contributed by atoms with Crippen LogP contribution >= 0.6 is 0 Å². The lowest BCUT2D eigenvalue weighted by molar-refractivity contribution is -0.167. The molecule has 0 aromatic heterocycles. The number of hydrogen-bond donors (Lipinski definition) is 0. The van der Waals surface area contributed by atoms with E-state index in [-0.39, 0.29) is 31.1 Å². The molecule has 6 nitrogen and oxygen atoms in total. The molecule has 372 valence electrons. The molecular weight excluding hydrogens is 805 g/mol. The van der Waals surface area contributed by atoms with E-state index in [4.69, 9.17) is 14.2 Å². The summed E-state index contributed by atoms with van der Waals surface area (Å²) in [6.45, 7) is 6.45. The molecule has 0 aliphatic carbocycles. The van der Waals surface area contributed by atoms with Gasteiger partial charge in [0.15, 0.2) is 6.10 Å². The van der Waals surface area contributed by atoms with Crippen LogP contribution in [-0.2, 0) is 28.6 Å². The predicted octanol–water partition coefficient (Wildman–Crippen LogP) is 18.0. The van der Waals surface area contributed by atoms with Crippen LogP contribution in [0.15, 0.2) is 85.1 Å². The molecule has 0 bridgehead atoms. The van der Waals surface area contributed by atoms with Crippen LogP contribution in [0.2, 0.25) is 0 Å². The number of carbonyl (C=O) groups is 3. The van der Waals surface area contributed by atoms with E-state index >= 15 is 0 Å². The van der Waals surface area contributed by atoms with E-state index in [9.17, 15) is 14.4 Å². The van der Waals surface area contributed by atoms with Crippen molar-refractivity contribution in [2.24, 2.45) is 0 Å². The first-order valence-corrected chi connectivity index (χ1v) is 27.1. The predicted molar refractivity (Wildman–Crippen MR) is 279 cm³/mol. The van der Waals surface area contributed by atoms with Gasteiger partial charge in [0.2, 0.25) is 0 Å². The molecule has 0 aliphatic heterocycles. The van der Waals surface area contributed by atoms with Crippen molar-refractivity contribution in [3.63, 3.8) is 0 Å². The maximum Gasteiger partial charge on any atom is 0.306 e. The SMILES string of the molecule is CC/C=C\C/C=C\C/C=C\C/C=C\C/C=C\CCCCCCCCCC(=O)OCC(COC(=O)CCCCCCCCCCCC)OC(=O)CCCCCCC/C=C\C/C=C\CCCC. The van der Waals surface area contributed by atoms with Crippen molar-refractivity contribution in [2.75, 3.05) is 13.2 Å². The highest BCUT2D eigenvalue weighted by Crippen LogP contribution is 2.14. The average Bonchev–Trinajstić information content (AvgIpc) is 3.30. The van der Waals surface area contributed by atoms with Gasteiger partial charge in [-0.25, -0.2) is 0 Å². The largest absolute Gasteiger partial charge is 0.462 e. The fourth-order valence-corrected chi connectivity index (χ4v) is 7.31. The van der Waals surface area contributed by atoms with Crippen molar-refractivity contribution < 1.29 is 28.6 Å². The summed E-state index contributed by atoms with van der Waals surface area (Å²) in [5.74, 6) is -0.910. The summed E-state index contributed by atoms with van der Waals surface area (Å²) in [4.78, 5) is 38.0. The Hall–Kier alpha value is -3.41. The van der Waals surface area contributed by atoms with Crippen LogP contribution < -0.4 is 0 Å². The second-order valence-electron chi connectivity index (χ2n) is 17.8. The quantitative estimate of drug-likeness (QED) is 0.0262. The van der Waals surface area contributed by atoms with Crippen molar-refractivity contribution in [3.8, 4) is 0 Å². The summed E-state index contributed by atoms with van der Waals surface area (Å²) in [6, 6.07) is 0. The Labute approximate surface area is 401 Å². The van der Waals surface area contributed by atoms with Crippen molar-refractivity contribution in [1.29, 1.82) is 0 Å². The fourth-order valence-electron chi connectivity index (χ4n) is 7.31. The second kappa shape index (κ2) is 53.2. The highest BCUT2D eigenvalue weighted by atomic mass is 16.6. The lowest BCUT2D eigenvalue weighted by atomic mass is 10.1. The zero-order valence-corrected chi connectivity index (χ0v) is 42.5. The molecule has 65 heavy (non-hydrogen) atoms. The van der Waals surface area contributed by atoms with Gasteiger partial charge in [-0.15, -0.1) is 0 Å². The molecule has 0 aliphatic rings. The third-order valence-corrected chi connectivity index (χ3v) is 11.4. The number of ether oxygens (including phenoxy) is 3. The standard InChI is InChI=1S/C59H100O6/c1-4-7-10-13-16-19-22-24-26-27-28-29-30-31-32-33-34-36-37-40-43-46-49-52-58(61)64-55-56(54-63-57(60)51-48-45-42-39-21-18-15-12-9-6-3)65-59(62)53-50-47-44-41-38-35-25-23-20-17-14-11-8-5-2/h7,10,14,16-17,19,23-26,28-29,31-32,56H,4-6,8-9,11-13,15,18,20-22,27,30,33-55H2,1-3H3/b10-7-,17-14-,19-16-,25-23-,26-24-,29-28-,32-31-. The first-order valence-electron chi connectivity index (χ1n) is 27.1. The van der Waals surface area contributed by atoms with Crippen LogP contribution in [0.1, 0.15) is 252 Å². The van der Waals surface area contributed by atoms with Crippen molar-refractivity contribution in [1.82, 2.24) is 0 Å². The summed E-state index contributed by atoms with van der Waals surface area (Å²) in [5, 5.41) is 0. The monoisotopic (exact) mass is 905 g/mol. The van der Waals surface area contributed by atoms with Gasteiger partial charge < -0.3 is 14.2 Å². The molecule has 0 rings (SSSR count). The highest BCUT2D eigenvalue weighted by Gasteiger charge is 2.19. The first kappa shape index (κ1) is 61.6. The number of unbranched alkanes of at least 4 members (excludes halogenated alkanes) is 23. The minimum absolute atomic E-state index is 0.0846. The molecule has 0 spiro atoms. The molecule has 0 aromatic carbocycles. The second-order valence-corrected chi connectivity index (χ2v) is 17.8. The van der Waals surface area contributed by atoms with Crippen LogP contribution in [0.5, 0.6) is 0 Å². The van der Waals surface area contributed by atoms with Crippen LogP contribution in [0.3, 0.4) is 0 Å². The molecule has 0 aromatic rings. The molecule has 0 heterocycles. The van der Waals surface area contributed by atoms with Gasteiger partial charge >= 0.3 is 17.9 Å². The molecule has 0 N–H and O–H groups in total. The van der Waals surface area contributed by atoms with Crippen molar-refractivity contribution in [2.45, 2.75) is 258 Å². The normalized spacial score (nSPS) is 12.7. The summed E-state index contributed by atoms with van der Waals surface area (Å²) in [7, 11) is 0. The number of carbonyl (C=O) groups excluding carboxylic acids is 3. The molecule has 0 radical (unpaired) electrons. The lowest BCUT2D eigenvalue weighted by Crippen LogP contribution is -2.30. The zero-order chi connectivity index (χ0) is 47.2. The van der Waals surface area contributed by atoms with Gasteiger partial charge in [0.05, 0.1) is 0 Å². The van der Waals surface area contributed by atoms with Crippen LogP contribution in [0.25, 0.3) is 0 Å². The Morgan fingerprint density at radius 3 is 0.985 bits per heavy atom. The van der Waals surface area contributed by atoms with Gasteiger partial charge in [0, 0.05) is 19.3 Å². The molecule has 0 saturated carbocycles. The number of allylic oxidation sites excluding steroid dienone is 14. The van der Waals surface area contributed by atoms with E-state index in [0.717, 1.165) is 122 Å². The van der Waals surface area contributed by atoms with Crippen molar-refractivity contribution in [3.05, 3.63) is 85.1 Å². The maximum atomic E-state index is 12.8. The summed E-state index contributed by atoms with van der Waals surface area (Å²) >= 11 is 0. The molecule has 0 fully saturated rings. The molecular formula is C59H100O6. The summed E-state index contributed by atoms with van der Waals surface area (Å²) in [6.07, 6.45) is 68.5. The van der Waals surface area contributed by atoms with E-state index in [1.807, 2.05) is 0 Å². The van der Waals surface area contributed by atoms with E-state index < -0.39 is 6.10 Å². The number of rotatable bonds is 48. The smallest absolute Gasteiger partial charge is 0.306 e. The molecule has 0 amide bonds. The van der Waals surface area contributed by atoms with Crippen molar-refractivity contribution >= 4 is 17.9 Å². The third kappa shape index (κ3) is 51.4. The Morgan fingerprint density at radius 2 is 0.615 bits per heavy atom. The van der Waals surface area contributed by atoms with E-state index in [0.29, 0.717) is 19.3 Å². The average molecular weight is 905 g/mol. The number of hydrogen-bond acceptors (Lipinski definition) is 6. The maximum absolute atomic E-state index is 12.8. The van der Waals surface area contributed by atoms with Gasteiger partial charge in [-0.1, -0.05) is 228 Å². The van der Waals surface area contributed by atoms with Crippen LogP contribution in [-0.4, -0.2) is 37.2 Å². The van der Waals surface area contributed by atoms with Crippen LogP contribution in [0, 0.1) is 0 Å². The first-order chi connectivity index (χ1) is 32.0. The van der Waals surface area contributed by atoms with E-state index in [2.05, 4.69) is 106 Å². The minimum Gasteiger partial charge on any atom is -0.462 e. The minimum atomic E-state index is -0.786. The van der Waals surface area contributed by atoms with Crippen LogP contribution in [0.4, 0.5) is 0 Å². The Morgan fingerprint density at radius 1 is 0.323 bits per heavy atom. The van der Waals surface area contributed by atoms with Gasteiger partial charge in [-0.05, 0) is 89.9 Å². The molecule has 1 atom stereocenters. The zero-order valence-electron chi connectivity index (χ0n) is 42.5. The van der Waals surface area contributed by atoms with Gasteiger partial charge in [-0.3, -0.25) is 14.4 Å². The third-order valence-electron chi connectivity index (χ3n) is 11.4. The Bertz CT molecular complexity index is 1270. The Kier molecular flexibility index (Phi) is 50.4. The van der Waals surface area contributed by atoms with E-state index in [1.54, 1.807) is 0 Å². The Balaban J connectivity index is 4.33. The van der Waals surface area contributed by atoms with Gasteiger partial charge in [0.1, 0.15) is 13.2 Å². The molecule has 6 heteroatoms. The molecule has 0 saturated heterocycles. The summed E-state index contributed by atoms with van der Waals surface area (Å²) < 4.78 is 16.8. The topological polar surface area (TPSA) is 78.9 Å². The highest BCUT2D eigenvalue weighted by molar-refractivity contribution is 5.71. The fraction of sp³-hybridized carbons (Fsp3) is 0.712.